The van der Waals surface area contributed by atoms with Crippen LogP contribution >= 0.6 is 11.6 Å². The summed E-state index contributed by atoms with van der Waals surface area (Å²) in [6.45, 7) is -0.442. The highest BCUT2D eigenvalue weighted by Crippen LogP contribution is 2.30. The Labute approximate surface area is 132 Å². The Kier molecular flexibility index (Phi) is 4.74. The Morgan fingerprint density at radius 2 is 2.05 bits per heavy atom. The number of halogens is 1. The molecule has 0 heterocycles. The molecule has 1 aromatic rings. The van der Waals surface area contributed by atoms with Gasteiger partial charge in [-0.25, -0.2) is 13.1 Å². The fraction of sp³-hybridized carbons (Fsp3) is 0.385. The molecular formula is C13H15ClN2O5S. The molecule has 7 nitrogen and oxygen atoms in total. The summed E-state index contributed by atoms with van der Waals surface area (Å²) in [6, 6.07) is 3.62. The monoisotopic (exact) mass is 346 g/mol. The second-order valence-electron chi connectivity index (χ2n) is 4.91. The van der Waals surface area contributed by atoms with Crippen LogP contribution in [0.15, 0.2) is 23.1 Å². The van der Waals surface area contributed by atoms with Crippen LogP contribution in [0.2, 0.25) is 5.02 Å². The molecule has 120 valence electrons. The number of hydrogen-bond acceptors (Lipinski definition) is 4. The van der Waals surface area contributed by atoms with E-state index in [1.807, 2.05) is 0 Å². The number of nitrogens with zero attached hydrogens (tertiary/aromatic N) is 1. The zero-order valence-corrected chi connectivity index (χ0v) is 13.3. The first kappa shape index (κ1) is 16.7. The number of aliphatic carboxylic acids is 1. The molecule has 0 spiro atoms. The highest BCUT2D eigenvalue weighted by atomic mass is 35.5. The van der Waals surface area contributed by atoms with Gasteiger partial charge in [-0.3, -0.25) is 9.59 Å². The molecule has 0 aliphatic heterocycles. The van der Waals surface area contributed by atoms with Crippen molar-refractivity contribution < 1.29 is 23.1 Å². The summed E-state index contributed by atoms with van der Waals surface area (Å²) in [4.78, 5) is 24.5. The third-order valence-electron chi connectivity index (χ3n) is 3.30. The van der Waals surface area contributed by atoms with E-state index in [0.29, 0.717) is 0 Å². The standard InChI is InChI=1S/C13H15ClN2O5S/c1-15-22(20,21)9-4-5-11(14)10(6-9)13(19)16(7-12(17)18)8-2-3-8/h4-6,8,15H,2-3,7H2,1H3,(H,17,18). The first-order valence-corrected chi connectivity index (χ1v) is 8.38. The van der Waals surface area contributed by atoms with Crippen LogP contribution in [0.3, 0.4) is 0 Å². The lowest BCUT2D eigenvalue weighted by Crippen LogP contribution is -2.37. The molecule has 22 heavy (non-hydrogen) atoms. The van der Waals surface area contributed by atoms with Crippen LogP contribution in [0.1, 0.15) is 23.2 Å². The summed E-state index contributed by atoms with van der Waals surface area (Å²) in [5, 5.41) is 8.99. The van der Waals surface area contributed by atoms with Gasteiger partial charge in [0.2, 0.25) is 10.0 Å². The topological polar surface area (TPSA) is 104 Å². The number of rotatable bonds is 6. The number of carboxylic acid groups (broad SMARTS) is 1. The average Bonchev–Trinajstić information content (AvgIpc) is 3.28. The summed E-state index contributed by atoms with van der Waals surface area (Å²) >= 11 is 5.98. The van der Waals surface area contributed by atoms with Crippen LogP contribution < -0.4 is 4.72 Å². The predicted octanol–water partition coefficient (Wildman–Crippen LogP) is 0.937. The molecule has 1 aliphatic carbocycles. The first-order chi connectivity index (χ1) is 10.3. The molecule has 2 rings (SSSR count). The molecule has 0 bridgehead atoms. The zero-order chi connectivity index (χ0) is 16.5. The minimum atomic E-state index is -3.72. The fourth-order valence-corrected chi connectivity index (χ4v) is 2.96. The molecule has 1 saturated carbocycles. The van der Waals surface area contributed by atoms with E-state index in [0.717, 1.165) is 18.9 Å². The Hall–Kier alpha value is -1.64. The molecule has 0 saturated heterocycles. The van der Waals surface area contributed by atoms with E-state index in [4.69, 9.17) is 16.7 Å². The van der Waals surface area contributed by atoms with E-state index in [2.05, 4.69) is 4.72 Å². The Bertz CT molecular complexity index is 715. The lowest BCUT2D eigenvalue weighted by atomic mass is 10.2. The van der Waals surface area contributed by atoms with Gasteiger partial charge in [-0.05, 0) is 38.1 Å². The van der Waals surface area contributed by atoms with Crippen molar-refractivity contribution in [3.05, 3.63) is 28.8 Å². The zero-order valence-electron chi connectivity index (χ0n) is 11.7. The Balaban J connectivity index is 2.39. The summed E-state index contributed by atoms with van der Waals surface area (Å²) in [6.07, 6.45) is 1.45. The van der Waals surface area contributed by atoms with Crippen LogP contribution in [-0.2, 0) is 14.8 Å². The molecule has 0 aromatic heterocycles. The van der Waals surface area contributed by atoms with Crippen molar-refractivity contribution in [1.29, 1.82) is 0 Å². The van der Waals surface area contributed by atoms with Crippen molar-refractivity contribution in [2.75, 3.05) is 13.6 Å². The maximum Gasteiger partial charge on any atom is 0.323 e. The van der Waals surface area contributed by atoms with Gasteiger partial charge in [-0.2, -0.15) is 0 Å². The van der Waals surface area contributed by atoms with Crippen molar-refractivity contribution in [2.24, 2.45) is 0 Å². The smallest absolute Gasteiger partial charge is 0.323 e. The predicted molar refractivity (Wildman–Crippen MR) is 79.4 cm³/mol. The van der Waals surface area contributed by atoms with Gasteiger partial charge in [0.15, 0.2) is 0 Å². The van der Waals surface area contributed by atoms with Crippen LogP contribution in [0.5, 0.6) is 0 Å². The van der Waals surface area contributed by atoms with Gasteiger partial charge in [0.05, 0.1) is 15.5 Å². The second-order valence-corrected chi connectivity index (χ2v) is 7.20. The number of nitrogens with one attached hydrogen (secondary N) is 1. The van der Waals surface area contributed by atoms with Crippen LogP contribution in [0.4, 0.5) is 0 Å². The van der Waals surface area contributed by atoms with Crippen molar-refractivity contribution in [1.82, 2.24) is 9.62 Å². The van der Waals surface area contributed by atoms with Crippen LogP contribution in [0.25, 0.3) is 0 Å². The molecule has 1 amide bonds. The van der Waals surface area contributed by atoms with Gasteiger partial charge in [0.25, 0.3) is 5.91 Å². The molecule has 0 unspecified atom stereocenters. The maximum absolute atomic E-state index is 12.5. The van der Waals surface area contributed by atoms with E-state index in [1.54, 1.807) is 0 Å². The number of benzene rings is 1. The van der Waals surface area contributed by atoms with Crippen molar-refractivity contribution in [3.63, 3.8) is 0 Å². The lowest BCUT2D eigenvalue weighted by Gasteiger charge is -2.21. The number of carbonyl (C=O) groups excluding carboxylic acids is 1. The van der Waals surface area contributed by atoms with Gasteiger partial charge in [0, 0.05) is 6.04 Å². The van der Waals surface area contributed by atoms with E-state index in [1.165, 1.54) is 24.1 Å². The van der Waals surface area contributed by atoms with E-state index < -0.39 is 28.4 Å². The average molecular weight is 347 g/mol. The third kappa shape index (κ3) is 3.57. The molecular weight excluding hydrogens is 332 g/mol. The van der Waals surface area contributed by atoms with Crippen molar-refractivity contribution in [3.8, 4) is 0 Å². The Morgan fingerprint density at radius 3 is 2.55 bits per heavy atom. The normalized spacial score (nSPS) is 14.6. The van der Waals surface area contributed by atoms with Crippen molar-refractivity contribution in [2.45, 2.75) is 23.8 Å². The maximum atomic E-state index is 12.5. The Morgan fingerprint density at radius 1 is 1.41 bits per heavy atom. The van der Waals surface area contributed by atoms with Gasteiger partial charge in [-0.1, -0.05) is 11.6 Å². The minimum absolute atomic E-state index is 0.0221. The molecule has 2 N–H and O–H groups in total. The molecule has 0 atom stereocenters. The van der Waals surface area contributed by atoms with E-state index >= 15 is 0 Å². The van der Waals surface area contributed by atoms with E-state index in [-0.39, 0.29) is 21.5 Å². The molecule has 1 aliphatic rings. The first-order valence-electron chi connectivity index (χ1n) is 6.52. The molecule has 1 fully saturated rings. The number of carbonyl (C=O) groups is 2. The summed E-state index contributed by atoms with van der Waals surface area (Å²) < 4.78 is 25.8. The van der Waals surface area contributed by atoms with Gasteiger partial charge in [0.1, 0.15) is 6.54 Å². The van der Waals surface area contributed by atoms with Gasteiger partial charge < -0.3 is 10.0 Å². The van der Waals surface area contributed by atoms with Gasteiger partial charge in [-0.15, -0.1) is 0 Å². The molecule has 1 aromatic carbocycles. The quantitative estimate of drug-likeness (QED) is 0.797. The number of hydrogen-bond donors (Lipinski definition) is 2. The number of amides is 1. The summed E-state index contributed by atoms with van der Waals surface area (Å²) in [5.41, 5.74) is -0.0221. The third-order valence-corrected chi connectivity index (χ3v) is 5.04. The lowest BCUT2D eigenvalue weighted by molar-refractivity contribution is -0.137. The largest absolute Gasteiger partial charge is 0.480 e. The van der Waals surface area contributed by atoms with Crippen LogP contribution in [0, 0.1) is 0 Å². The SMILES string of the molecule is CNS(=O)(=O)c1ccc(Cl)c(C(=O)N(CC(=O)O)C2CC2)c1. The number of carboxylic acids is 1. The van der Waals surface area contributed by atoms with Gasteiger partial charge >= 0.3 is 5.97 Å². The highest BCUT2D eigenvalue weighted by molar-refractivity contribution is 7.89. The van der Waals surface area contributed by atoms with E-state index in [9.17, 15) is 18.0 Å². The van der Waals surface area contributed by atoms with Crippen LogP contribution in [-0.4, -0.2) is 49.9 Å². The molecule has 0 radical (unpaired) electrons. The van der Waals surface area contributed by atoms with Crippen molar-refractivity contribution >= 4 is 33.5 Å². The number of sulfonamides is 1. The summed E-state index contributed by atoms with van der Waals surface area (Å²) in [7, 11) is -2.46. The summed E-state index contributed by atoms with van der Waals surface area (Å²) in [5.74, 6) is -1.71. The minimum Gasteiger partial charge on any atom is -0.480 e. The fourth-order valence-electron chi connectivity index (χ4n) is 2.01. The second kappa shape index (κ2) is 6.23. The molecule has 9 heteroatoms. The highest BCUT2D eigenvalue weighted by Gasteiger charge is 2.35.